The van der Waals surface area contributed by atoms with Gasteiger partial charge in [-0.3, -0.25) is 4.79 Å². The van der Waals surface area contributed by atoms with Crippen molar-refractivity contribution in [1.29, 1.82) is 0 Å². The summed E-state index contributed by atoms with van der Waals surface area (Å²) in [7, 11) is 0. The second kappa shape index (κ2) is 5.28. The Bertz CT molecular complexity index is 645. The van der Waals surface area contributed by atoms with Crippen molar-refractivity contribution in [2.24, 2.45) is 0 Å². The number of hydrogen-bond acceptors (Lipinski definition) is 3. The average Bonchev–Trinajstić information content (AvgIpc) is 2.69. The molecule has 3 rings (SSSR count). The van der Waals surface area contributed by atoms with Crippen LogP contribution in [0.15, 0.2) is 42.6 Å². The maximum Gasteiger partial charge on any atom is 0.263 e. The molecule has 5 heteroatoms. The number of carbonyl (C=O) groups is 1. The van der Waals surface area contributed by atoms with E-state index in [1.807, 2.05) is 12.1 Å². The lowest BCUT2D eigenvalue weighted by Crippen LogP contribution is -2.32. The standard InChI is InChI=1S/C15H13FN2O2/c16-14-11(5-3-8-17-14)15(19)18-9-4-10-20-13-7-2-1-6-12(13)18/h1-3,5-8H,4,9-10H2. The van der Waals surface area contributed by atoms with Gasteiger partial charge < -0.3 is 9.64 Å². The second-order valence-electron chi connectivity index (χ2n) is 4.47. The van der Waals surface area contributed by atoms with Crippen LogP contribution in [0.3, 0.4) is 0 Å². The summed E-state index contributed by atoms with van der Waals surface area (Å²) < 4.78 is 19.3. The number of carbonyl (C=O) groups excluding carboxylic acids is 1. The Morgan fingerprint density at radius 3 is 2.95 bits per heavy atom. The predicted octanol–water partition coefficient (Wildman–Crippen LogP) is 2.65. The average molecular weight is 272 g/mol. The molecule has 0 radical (unpaired) electrons. The van der Waals surface area contributed by atoms with Gasteiger partial charge in [-0.25, -0.2) is 4.98 Å². The molecule has 2 heterocycles. The molecular weight excluding hydrogens is 259 g/mol. The van der Waals surface area contributed by atoms with Crippen LogP contribution >= 0.6 is 0 Å². The maximum atomic E-state index is 13.7. The van der Waals surface area contributed by atoms with Crippen molar-refractivity contribution >= 4 is 11.6 Å². The Morgan fingerprint density at radius 1 is 1.25 bits per heavy atom. The SMILES string of the molecule is O=C(c1cccnc1F)N1CCCOc2ccccc21. The van der Waals surface area contributed by atoms with Crippen molar-refractivity contribution in [3.63, 3.8) is 0 Å². The van der Waals surface area contributed by atoms with Gasteiger partial charge in [0.25, 0.3) is 5.91 Å². The van der Waals surface area contributed by atoms with E-state index in [0.29, 0.717) is 31.0 Å². The zero-order chi connectivity index (χ0) is 13.9. The number of hydrogen-bond donors (Lipinski definition) is 0. The van der Waals surface area contributed by atoms with Crippen LogP contribution in [0.25, 0.3) is 0 Å². The van der Waals surface area contributed by atoms with Gasteiger partial charge in [0.15, 0.2) is 0 Å². The van der Waals surface area contributed by atoms with Crippen molar-refractivity contribution in [1.82, 2.24) is 4.98 Å². The number of para-hydroxylation sites is 2. The zero-order valence-corrected chi connectivity index (χ0v) is 10.8. The van der Waals surface area contributed by atoms with Crippen LogP contribution in [0, 0.1) is 5.95 Å². The van der Waals surface area contributed by atoms with Crippen LogP contribution in [-0.4, -0.2) is 24.0 Å². The van der Waals surface area contributed by atoms with E-state index in [0.717, 1.165) is 0 Å². The molecule has 102 valence electrons. The van der Waals surface area contributed by atoms with Gasteiger partial charge in [0.2, 0.25) is 5.95 Å². The Balaban J connectivity index is 2.02. The van der Waals surface area contributed by atoms with Crippen molar-refractivity contribution in [3.05, 3.63) is 54.1 Å². The lowest BCUT2D eigenvalue weighted by atomic mass is 10.2. The summed E-state index contributed by atoms with van der Waals surface area (Å²) in [5.74, 6) is -0.503. The molecule has 0 bridgehead atoms. The maximum absolute atomic E-state index is 13.7. The van der Waals surface area contributed by atoms with Gasteiger partial charge in [0, 0.05) is 12.7 Å². The number of rotatable bonds is 1. The second-order valence-corrected chi connectivity index (χ2v) is 4.47. The summed E-state index contributed by atoms with van der Waals surface area (Å²) in [6, 6.07) is 10.3. The van der Waals surface area contributed by atoms with Gasteiger partial charge in [-0.1, -0.05) is 12.1 Å². The number of nitrogens with zero attached hydrogens (tertiary/aromatic N) is 2. The minimum Gasteiger partial charge on any atom is -0.491 e. The number of halogens is 1. The van der Waals surface area contributed by atoms with Gasteiger partial charge in [-0.05, 0) is 30.7 Å². The van der Waals surface area contributed by atoms with Crippen molar-refractivity contribution in [2.45, 2.75) is 6.42 Å². The highest BCUT2D eigenvalue weighted by Crippen LogP contribution is 2.31. The van der Waals surface area contributed by atoms with Crippen LogP contribution < -0.4 is 9.64 Å². The van der Waals surface area contributed by atoms with Crippen LogP contribution in [0.2, 0.25) is 0 Å². The summed E-state index contributed by atoms with van der Waals surface area (Å²) >= 11 is 0. The predicted molar refractivity (Wildman–Crippen MR) is 72.4 cm³/mol. The number of pyridine rings is 1. The number of benzene rings is 1. The summed E-state index contributed by atoms with van der Waals surface area (Å²) in [6.07, 6.45) is 2.02. The number of aromatic nitrogens is 1. The molecule has 1 amide bonds. The molecule has 0 fully saturated rings. The molecule has 0 saturated heterocycles. The highest BCUT2D eigenvalue weighted by Gasteiger charge is 2.25. The summed E-state index contributed by atoms with van der Waals surface area (Å²) in [5, 5.41) is 0. The van der Waals surface area contributed by atoms with Crippen molar-refractivity contribution < 1.29 is 13.9 Å². The molecule has 1 aromatic carbocycles. The Labute approximate surface area is 115 Å². The van der Waals surface area contributed by atoms with Gasteiger partial charge in [0.05, 0.1) is 17.9 Å². The smallest absolute Gasteiger partial charge is 0.263 e. The molecule has 0 spiro atoms. The van der Waals surface area contributed by atoms with E-state index in [9.17, 15) is 9.18 Å². The fraction of sp³-hybridized carbons (Fsp3) is 0.200. The molecule has 4 nitrogen and oxygen atoms in total. The van der Waals surface area contributed by atoms with E-state index >= 15 is 0 Å². The lowest BCUT2D eigenvalue weighted by molar-refractivity contribution is 0.0982. The Morgan fingerprint density at radius 2 is 2.10 bits per heavy atom. The van der Waals surface area contributed by atoms with Crippen LogP contribution in [0.5, 0.6) is 5.75 Å². The van der Waals surface area contributed by atoms with Crippen LogP contribution in [-0.2, 0) is 0 Å². The summed E-state index contributed by atoms with van der Waals surface area (Å²) in [5.41, 5.74) is 0.641. The first-order chi connectivity index (χ1) is 9.77. The van der Waals surface area contributed by atoms with Crippen LogP contribution in [0.1, 0.15) is 16.8 Å². The van der Waals surface area contributed by atoms with E-state index in [4.69, 9.17) is 4.74 Å². The van der Waals surface area contributed by atoms with E-state index in [1.165, 1.54) is 12.3 Å². The van der Waals surface area contributed by atoms with Gasteiger partial charge in [-0.2, -0.15) is 4.39 Å². The number of fused-ring (bicyclic) bond motifs is 1. The first-order valence-electron chi connectivity index (χ1n) is 6.41. The molecule has 0 unspecified atom stereocenters. The number of anilines is 1. The first-order valence-corrected chi connectivity index (χ1v) is 6.41. The molecular formula is C15H13FN2O2. The molecule has 0 saturated carbocycles. The summed E-state index contributed by atoms with van der Waals surface area (Å²) in [6.45, 7) is 1.03. The monoisotopic (exact) mass is 272 g/mol. The molecule has 20 heavy (non-hydrogen) atoms. The highest BCUT2D eigenvalue weighted by molar-refractivity contribution is 6.06. The van der Waals surface area contributed by atoms with E-state index in [-0.39, 0.29) is 5.56 Å². The zero-order valence-electron chi connectivity index (χ0n) is 10.8. The van der Waals surface area contributed by atoms with E-state index < -0.39 is 11.9 Å². The van der Waals surface area contributed by atoms with Gasteiger partial charge >= 0.3 is 0 Å². The molecule has 1 aliphatic rings. The summed E-state index contributed by atoms with van der Waals surface area (Å²) in [4.78, 5) is 17.6. The first kappa shape index (κ1) is 12.6. The van der Waals surface area contributed by atoms with Gasteiger partial charge in [0.1, 0.15) is 5.75 Å². The molecule has 0 N–H and O–H groups in total. The molecule has 0 aliphatic carbocycles. The molecule has 0 atom stereocenters. The normalized spacial score (nSPS) is 14.2. The Kier molecular flexibility index (Phi) is 3.33. The fourth-order valence-electron chi connectivity index (χ4n) is 2.23. The topological polar surface area (TPSA) is 42.4 Å². The number of ether oxygens (including phenoxy) is 1. The third-order valence-corrected chi connectivity index (χ3v) is 3.17. The van der Waals surface area contributed by atoms with Crippen LogP contribution in [0.4, 0.5) is 10.1 Å². The lowest BCUT2D eigenvalue weighted by Gasteiger charge is -2.21. The molecule has 1 aliphatic heterocycles. The number of amides is 1. The Hall–Kier alpha value is -2.43. The third-order valence-electron chi connectivity index (χ3n) is 3.17. The fourth-order valence-corrected chi connectivity index (χ4v) is 2.23. The van der Waals surface area contributed by atoms with E-state index in [2.05, 4.69) is 4.98 Å². The van der Waals surface area contributed by atoms with Crippen molar-refractivity contribution in [3.8, 4) is 5.75 Å². The minimum atomic E-state index is -0.750. The third kappa shape index (κ3) is 2.22. The molecule has 1 aromatic heterocycles. The quantitative estimate of drug-likeness (QED) is 0.749. The molecule has 2 aromatic rings. The van der Waals surface area contributed by atoms with E-state index in [1.54, 1.807) is 23.1 Å². The largest absolute Gasteiger partial charge is 0.491 e. The van der Waals surface area contributed by atoms with Gasteiger partial charge in [-0.15, -0.1) is 0 Å². The van der Waals surface area contributed by atoms with Crippen molar-refractivity contribution in [2.75, 3.05) is 18.1 Å². The highest BCUT2D eigenvalue weighted by atomic mass is 19.1. The minimum absolute atomic E-state index is 0.0239.